The van der Waals surface area contributed by atoms with Crippen LogP contribution in [-0.4, -0.2) is 116 Å². The summed E-state index contributed by atoms with van der Waals surface area (Å²) in [5.74, 6) is -1.33. The van der Waals surface area contributed by atoms with Crippen molar-refractivity contribution in [1.82, 2.24) is 49.8 Å². The minimum Gasteiger partial charge on any atom is -0.348 e. The first-order valence-corrected chi connectivity index (χ1v) is 25.8. The number of hydrogen-bond donors (Lipinski definition) is 3. The zero-order valence-electron chi connectivity index (χ0n) is 42.5. The molecule has 4 aliphatic rings. The Morgan fingerprint density at radius 3 is 1.50 bits per heavy atom. The first-order chi connectivity index (χ1) is 35.4. The normalized spacial score (nSPS) is 16.2. The van der Waals surface area contributed by atoms with E-state index in [4.69, 9.17) is 23.2 Å². The Kier molecular flexibility index (Phi) is 16.8. The summed E-state index contributed by atoms with van der Waals surface area (Å²) < 4.78 is 2.65. The van der Waals surface area contributed by atoms with Gasteiger partial charge in [0.2, 0.25) is 11.8 Å². The van der Waals surface area contributed by atoms with Crippen LogP contribution < -0.4 is 27.1 Å². The van der Waals surface area contributed by atoms with Gasteiger partial charge in [0.05, 0.1) is 0 Å². The summed E-state index contributed by atoms with van der Waals surface area (Å²) in [7, 11) is 0. The van der Waals surface area contributed by atoms with Gasteiger partial charge in [-0.15, -0.1) is 0 Å². The number of likely N-dealkylation sites (tertiary alicyclic amines) is 3. The van der Waals surface area contributed by atoms with Crippen LogP contribution in [0.25, 0.3) is 28.1 Å². The van der Waals surface area contributed by atoms with E-state index in [2.05, 4.69) is 65.1 Å². The molecule has 4 aromatic heterocycles. The summed E-state index contributed by atoms with van der Waals surface area (Å²) in [5.41, 5.74) is 3.26. The molecule has 0 spiro atoms. The lowest BCUT2D eigenvalue weighted by Gasteiger charge is -2.45. The lowest BCUT2D eigenvalue weighted by Crippen LogP contribution is -2.56. The Labute approximate surface area is 440 Å². The number of nitrogens with one attached hydrogen (secondary N) is 3. The monoisotopic (exact) mass is 1040 g/mol. The molecular weight excluding hydrogens is 980 g/mol. The second kappa shape index (κ2) is 23.2. The van der Waals surface area contributed by atoms with Gasteiger partial charge < -0.3 is 30.7 Å². The van der Waals surface area contributed by atoms with Gasteiger partial charge in [-0.05, 0) is 127 Å². The van der Waals surface area contributed by atoms with Crippen LogP contribution in [0.2, 0.25) is 10.0 Å². The zero-order chi connectivity index (χ0) is 52.7. The molecule has 4 aliphatic heterocycles. The number of amides is 4. The standard InChI is InChI=1S/C28H32ClN5O3.C25H25ClN4O3.C3H7N/c1-28(2)17-33(18-28)24(35)16-34-25-22(20(8-10-30-25)9-13-32-11-3-12-32)14-23(27(34)37)26(36)31-15-19-4-6-21(29)7-5-19;1-4-17-9-10-27-22-19(17)11-20(23(32)28-12-16-5-7-18(26)8-6-16)24(33)30(22)13-21(31)29-14-25(2,3)15-29;1-2-4-3-1/h4-8,10,14H,3,9,11-13,15-18H2,1-2H3,(H,31,36);4-11H,1,12-15H2,2-3H3,(H,28,32);4H,1-3H2. The predicted octanol–water partition coefficient (Wildman–Crippen LogP) is 6.57. The van der Waals surface area contributed by atoms with E-state index in [1.54, 1.807) is 76.8 Å². The molecular formula is C56H64Cl2N10O6. The first-order valence-electron chi connectivity index (χ1n) is 25.1. The number of carbonyl (C=O) groups excluding carboxylic acids is 4. The Morgan fingerprint density at radius 1 is 0.662 bits per heavy atom. The smallest absolute Gasteiger partial charge is 0.265 e. The molecule has 4 amide bonds. The van der Waals surface area contributed by atoms with E-state index in [-0.39, 0.29) is 60.0 Å². The number of pyridine rings is 4. The predicted molar refractivity (Wildman–Crippen MR) is 290 cm³/mol. The number of rotatable bonds is 14. The average molecular weight is 1040 g/mol. The van der Waals surface area contributed by atoms with E-state index < -0.39 is 22.9 Å². The van der Waals surface area contributed by atoms with E-state index in [1.807, 2.05) is 18.2 Å². The summed E-state index contributed by atoms with van der Waals surface area (Å²) in [6.07, 6.45) is 8.25. The number of fused-ring (bicyclic) bond motifs is 2. The van der Waals surface area contributed by atoms with E-state index in [0.29, 0.717) is 52.9 Å². The van der Waals surface area contributed by atoms with Gasteiger partial charge in [-0.2, -0.15) is 0 Å². The maximum absolute atomic E-state index is 13.6. The lowest BCUT2D eigenvalue weighted by molar-refractivity contribution is -0.142. The number of aromatic nitrogens is 4. The fourth-order valence-electron chi connectivity index (χ4n) is 9.24. The van der Waals surface area contributed by atoms with Crippen molar-refractivity contribution in [3.05, 3.63) is 156 Å². The van der Waals surface area contributed by atoms with Gasteiger partial charge in [0.1, 0.15) is 35.5 Å². The van der Waals surface area contributed by atoms with Crippen LogP contribution in [0.15, 0.2) is 101 Å². The molecule has 16 nitrogen and oxygen atoms in total. The van der Waals surface area contributed by atoms with Crippen molar-refractivity contribution >= 4 is 75.0 Å². The van der Waals surface area contributed by atoms with Crippen molar-refractivity contribution in [2.75, 3.05) is 58.9 Å². The summed E-state index contributed by atoms with van der Waals surface area (Å²) in [5, 5.41) is 11.3. The average Bonchev–Trinajstić information content (AvgIpc) is 3.32. The fraction of sp³-hybridized carbons (Fsp3) is 0.393. The van der Waals surface area contributed by atoms with Crippen LogP contribution in [0.5, 0.6) is 0 Å². The molecule has 0 unspecified atom stereocenters. The molecule has 4 saturated heterocycles. The highest BCUT2D eigenvalue weighted by molar-refractivity contribution is 6.30. The Balaban J connectivity index is 0.000000184. The second-order valence-electron chi connectivity index (χ2n) is 20.9. The number of halogens is 2. The minimum atomic E-state index is -0.557. The SMILES string of the molecule is C1CNC1.C=Cc1ccnc2c1cc(C(=O)NCc1ccc(Cl)cc1)c(=O)n2CC(=O)N1CC(C)(C)C1.CC1(C)CN(C(=O)Cn2c(=O)c(C(=O)NCc3ccc(Cl)cc3)cc3c(CCN4CCC4)ccnc32)C1. The molecule has 0 aliphatic carbocycles. The van der Waals surface area contributed by atoms with E-state index >= 15 is 0 Å². The summed E-state index contributed by atoms with van der Waals surface area (Å²) in [6.45, 7) is 20.5. The molecule has 4 fully saturated rings. The number of nitrogens with zero attached hydrogens (tertiary/aromatic N) is 7. The van der Waals surface area contributed by atoms with Gasteiger partial charge in [0.15, 0.2) is 0 Å². The lowest BCUT2D eigenvalue weighted by atomic mass is 9.84. The van der Waals surface area contributed by atoms with Crippen LogP contribution in [-0.2, 0) is 42.2 Å². The summed E-state index contributed by atoms with van der Waals surface area (Å²) in [4.78, 5) is 93.7. The van der Waals surface area contributed by atoms with Crippen LogP contribution in [0.1, 0.15) is 83.5 Å². The quantitative estimate of drug-likeness (QED) is 0.108. The van der Waals surface area contributed by atoms with Crippen LogP contribution in [0.4, 0.5) is 0 Å². The van der Waals surface area contributed by atoms with Gasteiger partial charge in [-0.1, -0.05) is 87.8 Å². The van der Waals surface area contributed by atoms with Crippen molar-refractivity contribution in [3.63, 3.8) is 0 Å². The van der Waals surface area contributed by atoms with Gasteiger partial charge >= 0.3 is 0 Å². The van der Waals surface area contributed by atoms with E-state index in [0.717, 1.165) is 53.7 Å². The molecule has 74 heavy (non-hydrogen) atoms. The Morgan fingerprint density at radius 2 is 1.09 bits per heavy atom. The van der Waals surface area contributed by atoms with Crippen LogP contribution in [0.3, 0.4) is 0 Å². The molecule has 18 heteroatoms. The third kappa shape index (κ3) is 13.0. The largest absolute Gasteiger partial charge is 0.348 e. The van der Waals surface area contributed by atoms with Crippen molar-refractivity contribution in [3.8, 4) is 0 Å². The maximum atomic E-state index is 13.6. The molecule has 8 heterocycles. The molecule has 388 valence electrons. The highest BCUT2D eigenvalue weighted by Crippen LogP contribution is 2.30. The molecule has 10 rings (SSSR count). The number of benzene rings is 2. The van der Waals surface area contributed by atoms with Crippen LogP contribution >= 0.6 is 23.2 Å². The molecule has 6 aromatic rings. The highest BCUT2D eigenvalue weighted by atomic mass is 35.5. The first kappa shape index (κ1) is 53.6. The highest BCUT2D eigenvalue weighted by Gasteiger charge is 2.38. The van der Waals surface area contributed by atoms with Gasteiger partial charge in [-0.3, -0.25) is 37.9 Å². The summed E-state index contributed by atoms with van der Waals surface area (Å²) >= 11 is 11.9. The molecule has 0 atom stereocenters. The second-order valence-corrected chi connectivity index (χ2v) is 21.8. The number of carbonyl (C=O) groups is 4. The Bertz CT molecular complexity index is 3180. The van der Waals surface area contributed by atoms with Gasteiger partial charge in [-0.25, -0.2) is 9.97 Å². The zero-order valence-corrected chi connectivity index (χ0v) is 44.0. The van der Waals surface area contributed by atoms with Crippen molar-refractivity contribution in [2.45, 2.75) is 73.1 Å². The molecule has 3 N–H and O–H groups in total. The maximum Gasteiger partial charge on any atom is 0.265 e. The molecule has 2 aromatic carbocycles. The van der Waals surface area contributed by atoms with Gasteiger partial charge in [0.25, 0.3) is 22.9 Å². The molecule has 0 radical (unpaired) electrons. The van der Waals surface area contributed by atoms with Gasteiger partial charge in [0, 0.05) is 79.0 Å². The Hall–Kier alpha value is -6.72. The van der Waals surface area contributed by atoms with Crippen molar-refractivity contribution < 1.29 is 19.2 Å². The van der Waals surface area contributed by atoms with Crippen molar-refractivity contribution in [2.24, 2.45) is 10.8 Å². The fourth-order valence-corrected chi connectivity index (χ4v) is 9.49. The topological polar surface area (TPSA) is 184 Å². The van der Waals surface area contributed by atoms with Crippen LogP contribution in [0, 0.1) is 10.8 Å². The van der Waals surface area contributed by atoms with E-state index in [9.17, 15) is 28.8 Å². The molecule has 0 bridgehead atoms. The summed E-state index contributed by atoms with van der Waals surface area (Å²) in [6, 6.07) is 21.1. The minimum absolute atomic E-state index is 0.0106. The molecule has 0 saturated carbocycles. The third-order valence-electron chi connectivity index (χ3n) is 13.7. The van der Waals surface area contributed by atoms with E-state index in [1.165, 1.54) is 41.1 Å². The third-order valence-corrected chi connectivity index (χ3v) is 14.2. The number of hydrogen-bond acceptors (Lipinski definition) is 10. The van der Waals surface area contributed by atoms with Crippen molar-refractivity contribution in [1.29, 1.82) is 0 Å².